The normalized spacial score (nSPS) is 11.7. The lowest BCUT2D eigenvalue weighted by Crippen LogP contribution is -2.15. The van der Waals surface area contributed by atoms with Crippen molar-refractivity contribution in [2.45, 2.75) is 11.3 Å². The molecule has 1 aromatic heterocycles. The number of nitrogens with one attached hydrogen (secondary N) is 2. The minimum Gasteiger partial charge on any atom is -0.333 e. The summed E-state index contributed by atoms with van der Waals surface area (Å²) >= 11 is 7.04. The van der Waals surface area contributed by atoms with Gasteiger partial charge in [-0.2, -0.15) is 13.2 Å². The molecule has 4 nitrogen and oxygen atoms in total. The topological polar surface area (TPSA) is 57.8 Å². The monoisotopic (exact) mass is 385 g/mol. The van der Waals surface area contributed by atoms with E-state index in [1.54, 1.807) is 18.2 Å². The van der Waals surface area contributed by atoms with Crippen molar-refractivity contribution in [3.8, 4) is 0 Å². The molecule has 0 bridgehead atoms. The fourth-order valence-corrected chi connectivity index (χ4v) is 2.99. The quantitative estimate of drug-likeness (QED) is 0.624. The molecule has 1 amide bonds. The van der Waals surface area contributed by atoms with E-state index in [9.17, 15) is 18.0 Å². The van der Waals surface area contributed by atoms with Gasteiger partial charge in [0.2, 0.25) is 5.91 Å². The lowest BCUT2D eigenvalue weighted by Gasteiger charge is -2.09. The van der Waals surface area contributed by atoms with Crippen LogP contribution in [0, 0.1) is 0 Å². The Morgan fingerprint density at radius 3 is 2.80 bits per heavy atom. The summed E-state index contributed by atoms with van der Waals surface area (Å²) in [6.45, 7) is 0. The summed E-state index contributed by atoms with van der Waals surface area (Å²) < 4.78 is 38.0. The fraction of sp³-hybridized carbons (Fsp3) is 0.125. The number of hydrogen-bond donors (Lipinski definition) is 2. The first-order chi connectivity index (χ1) is 11.8. The van der Waals surface area contributed by atoms with E-state index >= 15 is 0 Å². The first kappa shape index (κ1) is 17.6. The van der Waals surface area contributed by atoms with E-state index < -0.39 is 17.6 Å². The van der Waals surface area contributed by atoms with Crippen LogP contribution in [-0.2, 0) is 11.0 Å². The van der Waals surface area contributed by atoms with E-state index in [0.717, 1.165) is 29.4 Å². The molecule has 1 heterocycles. The Morgan fingerprint density at radius 2 is 2.04 bits per heavy atom. The van der Waals surface area contributed by atoms with Crippen LogP contribution in [0.25, 0.3) is 11.0 Å². The highest BCUT2D eigenvalue weighted by molar-refractivity contribution is 7.99. The molecule has 0 saturated heterocycles. The van der Waals surface area contributed by atoms with Crippen molar-refractivity contribution in [2.24, 2.45) is 0 Å². The summed E-state index contributed by atoms with van der Waals surface area (Å²) in [6.07, 6.45) is -4.45. The number of halogens is 4. The van der Waals surface area contributed by atoms with Crippen LogP contribution in [0.5, 0.6) is 0 Å². The smallest absolute Gasteiger partial charge is 0.333 e. The van der Waals surface area contributed by atoms with Gasteiger partial charge in [-0.05, 0) is 36.4 Å². The average molecular weight is 386 g/mol. The van der Waals surface area contributed by atoms with Gasteiger partial charge in [-0.25, -0.2) is 4.98 Å². The number of rotatable bonds is 4. The van der Waals surface area contributed by atoms with E-state index in [1.807, 2.05) is 0 Å². The molecule has 3 rings (SSSR count). The number of carbonyl (C=O) groups excluding carboxylic acids is 1. The number of nitrogens with zero attached hydrogens (tertiary/aromatic N) is 1. The van der Waals surface area contributed by atoms with E-state index in [2.05, 4.69) is 15.3 Å². The molecule has 3 aromatic rings. The van der Waals surface area contributed by atoms with Crippen molar-refractivity contribution in [3.63, 3.8) is 0 Å². The van der Waals surface area contributed by atoms with Gasteiger partial charge < -0.3 is 10.3 Å². The maximum absolute atomic E-state index is 12.7. The SMILES string of the molecule is O=C(CSc1nc2ccc(Cl)cc2[nH]1)Nc1cccc(C(F)(F)F)c1. The van der Waals surface area contributed by atoms with Crippen molar-refractivity contribution in [1.29, 1.82) is 0 Å². The zero-order chi connectivity index (χ0) is 18.0. The minimum absolute atomic E-state index is 0.00377. The zero-order valence-electron chi connectivity index (χ0n) is 12.5. The Morgan fingerprint density at radius 1 is 1.24 bits per heavy atom. The molecule has 0 unspecified atom stereocenters. The molecule has 9 heteroatoms. The standard InChI is InChI=1S/C16H11ClF3N3OS/c17-10-4-5-12-13(7-10)23-15(22-12)25-8-14(24)21-11-3-1-2-9(6-11)16(18,19)20/h1-7H,8H2,(H,21,24)(H,22,23). The number of aromatic amines is 1. The van der Waals surface area contributed by atoms with Gasteiger partial charge in [0.05, 0.1) is 22.3 Å². The summed E-state index contributed by atoms with van der Waals surface area (Å²) in [7, 11) is 0. The fourth-order valence-electron chi connectivity index (χ4n) is 2.13. The highest BCUT2D eigenvalue weighted by Gasteiger charge is 2.30. The van der Waals surface area contributed by atoms with Crippen molar-refractivity contribution >= 4 is 46.0 Å². The Labute approximate surface area is 149 Å². The van der Waals surface area contributed by atoms with Gasteiger partial charge in [0.1, 0.15) is 0 Å². The molecule has 0 atom stereocenters. The summed E-state index contributed by atoms with van der Waals surface area (Å²) in [5.41, 5.74) is 0.738. The van der Waals surface area contributed by atoms with Crippen LogP contribution in [-0.4, -0.2) is 21.6 Å². The first-order valence-corrected chi connectivity index (χ1v) is 8.43. The van der Waals surface area contributed by atoms with Crippen LogP contribution in [0.1, 0.15) is 5.56 Å². The molecule has 2 N–H and O–H groups in total. The molecule has 0 spiro atoms. The second-order valence-corrected chi connectivity index (χ2v) is 6.52. The lowest BCUT2D eigenvalue weighted by atomic mass is 10.2. The first-order valence-electron chi connectivity index (χ1n) is 7.06. The third kappa shape index (κ3) is 4.46. The van der Waals surface area contributed by atoms with Crippen LogP contribution < -0.4 is 5.32 Å². The molecule has 0 saturated carbocycles. The Bertz CT molecular complexity index is 926. The Kier molecular flexibility index (Phi) is 4.91. The summed E-state index contributed by atoms with van der Waals surface area (Å²) in [6, 6.07) is 9.67. The summed E-state index contributed by atoms with van der Waals surface area (Å²) in [4.78, 5) is 19.3. The maximum Gasteiger partial charge on any atom is 0.416 e. The van der Waals surface area contributed by atoms with Crippen LogP contribution in [0.3, 0.4) is 0 Å². The number of amides is 1. The predicted octanol–water partition coefficient (Wildman–Crippen LogP) is 4.97. The van der Waals surface area contributed by atoms with Crippen LogP contribution in [0.4, 0.5) is 18.9 Å². The predicted molar refractivity (Wildman–Crippen MR) is 91.9 cm³/mol. The van der Waals surface area contributed by atoms with Gasteiger partial charge in [0.25, 0.3) is 0 Å². The number of alkyl halides is 3. The van der Waals surface area contributed by atoms with Crippen LogP contribution in [0.2, 0.25) is 5.02 Å². The van der Waals surface area contributed by atoms with Crippen molar-refractivity contribution in [3.05, 3.63) is 53.1 Å². The summed E-state index contributed by atoms with van der Waals surface area (Å²) in [5, 5.41) is 3.53. The second kappa shape index (κ2) is 6.97. The number of anilines is 1. The number of fused-ring (bicyclic) bond motifs is 1. The Balaban J connectivity index is 1.62. The number of aromatic nitrogens is 2. The third-order valence-corrected chi connectivity index (χ3v) is 4.34. The molecule has 25 heavy (non-hydrogen) atoms. The van der Waals surface area contributed by atoms with Crippen molar-refractivity contribution in [1.82, 2.24) is 9.97 Å². The number of thioether (sulfide) groups is 1. The maximum atomic E-state index is 12.7. The summed E-state index contributed by atoms with van der Waals surface area (Å²) in [5.74, 6) is -0.424. The lowest BCUT2D eigenvalue weighted by molar-refractivity contribution is -0.137. The number of hydrogen-bond acceptors (Lipinski definition) is 3. The van der Waals surface area contributed by atoms with E-state index in [4.69, 9.17) is 11.6 Å². The van der Waals surface area contributed by atoms with Gasteiger partial charge in [0, 0.05) is 10.7 Å². The molecular formula is C16H11ClF3N3OS. The number of carbonyl (C=O) groups is 1. The molecule has 0 aliphatic heterocycles. The molecule has 0 fully saturated rings. The molecule has 0 aliphatic carbocycles. The molecule has 0 radical (unpaired) electrons. The van der Waals surface area contributed by atoms with Gasteiger partial charge in [0.15, 0.2) is 5.16 Å². The molecule has 130 valence electrons. The third-order valence-electron chi connectivity index (χ3n) is 3.24. The number of benzene rings is 2. The Hall–Kier alpha value is -2.19. The highest BCUT2D eigenvalue weighted by Crippen LogP contribution is 2.30. The minimum atomic E-state index is -4.45. The van der Waals surface area contributed by atoms with Gasteiger partial charge >= 0.3 is 6.18 Å². The second-order valence-electron chi connectivity index (χ2n) is 5.12. The number of imidazole rings is 1. The highest BCUT2D eigenvalue weighted by atomic mass is 35.5. The van der Waals surface area contributed by atoms with E-state index in [0.29, 0.717) is 15.7 Å². The van der Waals surface area contributed by atoms with E-state index in [-0.39, 0.29) is 11.4 Å². The van der Waals surface area contributed by atoms with E-state index in [1.165, 1.54) is 12.1 Å². The zero-order valence-corrected chi connectivity index (χ0v) is 14.1. The van der Waals surface area contributed by atoms with Gasteiger partial charge in [-0.1, -0.05) is 29.4 Å². The molecular weight excluding hydrogens is 375 g/mol. The van der Waals surface area contributed by atoms with Crippen molar-refractivity contribution in [2.75, 3.05) is 11.1 Å². The van der Waals surface area contributed by atoms with Crippen molar-refractivity contribution < 1.29 is 18.0 Å². The largest absolute Gasteiger partial charge is 0.416 e. The van der Waals surface area contributed by atoms with Gasteiger partial charge in [-0.3, -0.25) is 4.79 Å². The van der Waals surface area contributed by atoms with Crippen LogP contribution >= 0.6 is 23.4 Å². The molecule has 2 aromatic carbocycles. The average Bonchev–Trinajstić information content (AvgIpc) is 2.94. The van der Waals surface area contributed by atoms with Gasteiger partial charge in [-0.15, -0.1) is 0 Å². The number of H-pyrrole nitrogens is 1. The van der Waals surface area contributed by atoms with Crippen LogP contribution in [0.15, 0.2) is 47.6 Å². The molecule has 0 aliphatic rings.